The zero-order valence-corrected chi connectivity index (χ0v) is 32.4. The van der Waals surface area contributed by atoms with Crippen LogP contribution in [0.5, 0.6) is 28.7 Å². The molecule has 1 heterocycles. The third-order valence-corrected chi connectivity index (χ3v) is 10.9. The van der Waals surface area contributed by atoms with Crippen molar-refractivity contribution in [2.24, 2.45) is 0 Å². The Hall–Kier alpha value is -5.58. The minimum Gasteiger partial charge on any atom is -0.494 e. The van der Waals surface area contributed by atoms with E-state index in [9.17, 15) is 9.59 Å². The van der Waals surface area contributed by atoms with Gasteiger partial charge < -0.3 is 28.6 Å². The summed E-state index contributed by atoms with van der Waals surface area (Å²) in [4.78, 5) is 28.6. The maximum atomic E-state index is 13.1. The predicted molar refractivity (Wildman–Crippen MR) is 215 cm³/mol. The second kappa shape index (κ2) is 16.4. The Kier molecular flexibility index (Phi) is 11.3. The summed E-state index contributed by atoms with van der Waals surface area (Å²) in [6.45, 7) is 5.50. The number of Topliss-reactive ketones (excluding diaryl/α,β-unsaturated/α-hetero) is 2. The summed E-state index contributed by atoms with van der Waals surface area (Å²) in [6, 6.07) is 23.8. The normalized spacial score (nSPS) is 17.4. The van der Waals surface area contributed by atoms with E-state index in [4.69, 9.17) is 23.7 Å². The number of quaternary nitrogens is 1. The number of ketones is 2. The van der Waals surface area contributed by atoms with Gasteiger partial charge in [-0.25, -0.2) is 4.59 Å². The molecular weight excluding hydrogens is 695 g/mol. The van der Waals surface area contributed by atoms with Gasteiger partial charge in [-0.05, 0) is 95.8 Å². The fraction of sp³-hybridized carbons (Fsp3) is 0.333. The Labute approximate surface area is 323 Å². The first-order chi connectivity index (χ1) is 26.7. The Bertz CT molecular complexity index is 2110. The van der Waals surface area contributed by atoms with E-state index in [1.54, 1.807) is 40.6 Å². The van der Waals surface area contributed by atoms with Gasteiger partial charge in [-0.3, -0.25) is 9.59 Å². The molecule has 286 valence electrons. The molecule has 55 heavy (non-hydrogen) atoms. The molecule has 0 bridgehead atoms. The van der Waals surface area contributed by atoms with Crippen molar-refractivity contribution in [3.8, 4) is 28.7 Å². The van der Waals surface area contributed by atoms with Gasteiger partial charge in [-0.15, -0.1) is 0 Å². The number of methoxy groups -OCH3 is 4. The highest BCUT2D eigenvalue weighted by Crippen LogP contribution is 2.38. The number of nitrogens with zero attached hydrogens (tertiary/aromatic N) is 2. The number of ether oxygens (including phenoxy) is 5. The minimum absolute atomic E-state index is 0.0262. The van der Waals surface area contributed by atoms with Gasteiger partial charge >= 0.3 is 0 Å². The lowest BCUT2D eigenvalue weighted by Crippen LogP contribution is -2.64. The number of piperazine rings is 1. The molecule has 10 nitrogen and oxygen atoms in total. The fourth-order valence-corrected chi connectivity index (χ4v) is 7.64. The number of carbonyl (C=O) groups is 2. The van der Waals surface area contributed by atoms with E-state index in [0.29, 0.717) is 53.6 Å². The van der Waals surface area contributed by atoms with Crippen LogP contribution in [0.3, 0.4) is 0 Å². The van der Waals surface area contributed by atoms with E-state index in [2.05, 4.69) is 41.6 Å². The minimum atomic E-state index is 0.0262. The van der Waals surface area contributed by atoms with Gasteiger partial charge in [-0.1, -0.05) is 24.3 Å². The number of carbonyl (C=O) groups excluding carboxylic acids is 2. The van der Waals surface area contributed by atoms with E-state index in [1.165, 1.54) is 5.69 Å². The van der Waals surface area contributed by atoms with Gasteiger partial charge in [0.2, 0.25) is 0 Å². The number of hydrogen-bond acceptors (Lipinski definition) is 9. The number of fused-ring (bicyclic) bond motifs is 2. The quantitative estimate of drug-likeness (QED) is 0.0833. The van der Waals surface area contributed by atoms with Crippen LogP contribution in [-0.2, 0) is 12.8 Å². The fourth-order valence-electron chi connectivity index (χ4n) is 7.64. The summed E-state index contributed by atoms with van der Waals surface area (Å²) < 4.78 is 28.5. The van der Waals surface area contributed by atoms with E-state index < -0.39 is 0 Å². The van der Waals surface area contributed by atoms with Crippen LogP contribution in [-0.4, -0.2) is 91.0 Å². The molecule has 0 atom stereocenters. The van der Waals surface area contributed by atoms with E-state index in [1.807, 2.05) is 48.6 Å². The topological polar surface area (TPSA) is 95.6 Å². The Morgan fingerprint density at radius 3 is 1.62 bits per heavy atom. The highest BCUT2D eigenvalue weighted by Gasteiger charge is 2.30. The summed E-state index contributed by atoms with van der Waals surface area (Å²) in [6.07, 6.45) is 7.07. The third-order valence-electron chi connectivity index (χ3n) is 10.9. The Morgan fingerprint density at radius 1 is 0.655 bits per heavy atom. The van der Waals surface area contributed by atoms with Crippen molar-refractivity contribution in [1.82, 2.24) is 5.43 Å². The molecule has 10 heteroatoms. The van der Waals surface area contributed by atoms with Gasteiger partial charge in [0.1, 0.15) is 18.8 Å². The second-order valence-corrected chi connectivity index (χ2v) is 14.5. The molecule has 1 N–H and O–H groups in total. The van der Waals surface area contributed by atoms with Crippen LogP contribution in [0.2, 0.25) is 0 Å². The van der Waals surface area contributed by atoms with Gasteiger partial charge in [0.25, 0.3) is 0 Å². The van der Waals surface area contributed by atoms with Crippen LogP contribution < -0.4 is 34.0 Å². The number of allylic oxidation sites excluding steroid dienone is 2. The molecule has 4 aromatic carbocycles. The van der Waals surface area contributed by atoms with E-state index in [-0.39, 0.29) is 11.6 Å². The number of rotatable bonds is 14. The van der Waals surface area contributed by atoms with Crippen molar-refractivity contribution in [2.45, 2.75) is 25.7 Å². The van der Waals surface area contributed by atoms with Crippen LogP contribution in [0.15, 0.2) is 83.9 Å². The van der Waals surface area contributed by atoms with E-state index >= 15 is 0 Å². The largest absolute Gasteiger partial charge is 0.494 e. The van der Waals surface area contributed by atoms with Crippen LogP contribution in [0.1, 0.15) is 55.8 Å². The molecule has 0 saturated carbocycles. The molecule has 1 aliphatic heterocycles. The summed E-state index contributed by atoms with van der Waals surface area (Å²) in [5.41, 5.74) is 11.7. The van der Waals surface area contributed by atoms with Crippen molar-refractivity contribution in [3.05, 3.63) is 117 Å². The maximum absolute atomic E-state index is 13.1. The third kappa shape index (κ3) is 8.26. The SMILES string of the molecule is COc1cc2c(cc1OC)C(=O)C(=Cc1ccc(OCCCCN[N+]3(C)CCN(c4ccc(C=C5Cc6cc(OC)c(OC)cc6C5=O)cc4)CC3)cc1)C2. The average Bonchev–Trinajstić information content (AvgIpc) is 3.68. The lowest BCUT2D eigenvalue weighted by atomic mass is 10.1. The van der Waals surface area contributed by atoms with Crippen molar-refractivity contribution >= 4 is 29.4 Å². The van der Waals surface area contributed by atoms with Crippen LogP contribution in [0.4, 0.5) is 5.69 Å². The molecular formula is C45H50N3O7+. The van der Waals surface area contributed by atoms with Crippen molar-refractivity contribution < 1.29 is 37.9 Å². The molecule has 0 radical (unpaired) electrons. The first kappa shape index (κ1) is 37.7. The van der Waals surface area contributed by atoms with Gasteiger partial charge in [-0.2, -0.15) is 5.43 Å². The molecule has 0 unspecified atom stereocenters. The first-order valence-electron chi connectivity index (χ1n) is 18.9. The molecule has 0 amide bonds. The molecule has 3 aliphatic rings. The number of benzene rings is 4. The monoisotopic (exact) mass is 744 g/mol. The Morgan fingerprint density at radius 2 is 1.13 bits per heavy atom. The van der Waals surface area contributed by atoms with Gasteiger partial charge in [0.15, 0.2) is 34.6 Å². The lowest BCUT2D eigenvalue weighted by molar-refractivity contribution is -0.952. The summed E-state index contributed by atoms with van der Waals surface area (Å²) in [5, 5.41) is 0. The van der Waals surface area contributed by atoms with Crippen molar-refractivity contribution in [1.29, 1.82) is 0 Å². The number of anilines is 1. The highest BCUT2D eigenvalue weighted by molar-refractivity contribution is 6.16. The number of nitrogens with one attached hydrogen (secondary N) is 1. The standard InChI is InChI=1S/C45H50N3O7/c1-48(19-17-47(18-20-48)36-12-8-30(9-13-36)22-34-24-32-26-40(51-2)42(53-4)28-38(32)44(34)49)46-16-6-7-21-55-37-14-10-31(11-15-37)23-35-25-33-27-41(52-3)43(54-5)29-39(33)45(35)50/h8-15,22-23,26-29,46H,6-7,16-21,24-25H2,1-5H3/q+1. The second-order valence-electron chi connectivity index (χ2n) is 14.5. The van der Waals surface area contributed by atoms with Crippen LogP contribution in [0, 0.1) is 0 Å². The molecule has 2 aliphatic carbocycles. The maximum Gasteiger partial charge on any atom is 0.189 e. The molecule has 1 saturated heterocycles. The highest BCUT2D eigenvalue weighted by atomic mass is 16.5. The average molecular weight is 745 g/mol. The van der Waals surface area contributed by atoms with Crippen molar-refractivity contribution in [2.75, 3.05) is 79.7 Å². The van der Waals surface area contributed by atoms with Gasteiger partial charge in [0.05, 0.1) is 55.2 Å². The van der Waals surface area contributed by atoms with E-state index in [0.717, 1.165) is 89.3 Å². The van der Waals surface area contributed by atoms with Gasteiger partial charge in [0, 0.05) is 47.3 Å². The lowest BCUT2D eigenvalue weighted by Gasteiger charge is -2.42. The van der Waals surface area contributed by atoms with Crippen molar-refractivity contribution in [3.63, 3.8) is 0 Å². The summed E-state index contributed by atoms with van der Waals surface area (Å²) in [5.74, 6) is 3.30. The zero-order valence-electron chi connectivity index (χ0n) is 32.4. The smallest absolute Gasteiger partial charge is 0.189 e. The first-order valence-corrected chi connectivity index (χ1v) is 18.9. The molecule has 7 rings (SSSR count). The van der Waals surface area contributed by atoms with Crippen LogP contribution >= 0.6 is 0 Å². The predicted octanol–water partition coefficient (Wildman–Crippen LogP) is 7.00. The molecule has 4 aromatic rings. The Balaban J connectivity index is 0.819. The molecule has 1 fully saturated rings. The molecule has 0 aromatic heterocycles. The summed E-state index contributed by atoms with van der Waals surface area (Å²) in [7, 11) is 8.64. The zero-order chi connectivity index (χ0) is 38.5. The van der Waals surface area contributed by atoms with Crippen LogP contribution in [0.25, 0.3) is 12.2 Å². The molecule has 0 spiro atoms. The number of likely N-dealkylation sites (N-methyl/N-ethyl adjacent to an activating group) is 1. The number of hydrogen-bond donors (Lipinski definition) is 1. The summed E-state index contributed by atoms with van der Waals surface area (Å²) >= 11 is 0. The number of unbranched alkanes of at least 4 members (excludes halogenated alkanes) is 1.